The molecule has 1 unspecified atom stereocenters. The van der Waals surface area contributed by atoms with Gasteiger partial charge in [0, 0.05) is 38.4 Å². The molecule has 1 fully saturated rings. The van der Waals surface area contributed by atoms with Crippen molar-refractivity contribution < 1.29 is 24.1 Å². The van der Waals surface area contributed by atoms with Crippen LogP contribution in [0.3, 0.4) is 0 Å². The van der Waals surface area contributed by atoms with Crippen LogP contribution in [0.15, 0.2) is 60.8 Å². The summed E-state index contributed by atoms with van der Waals surface area (Å²) in [6, 6.07) is 14.7. The maximum Gasteiger partial charge on any atom is 0.335 e. The van der Waals surface area contributed by atoms with Crippen molar-refractivity contribution in [3.05, 3.63) is 88.5 Å². The first-order valence-electron chi connectivity index (χ1n) is 14.2. The zero-order valence-electron chi connectivity index (χ0n) is 23.4. The lowest BCUT2D eigenvalue weighted by Crippen LogP contribution is -2.35. The maximum atomic E-state index is 11.7. The van der Waals surface area contributed by atoms with Crippen molar-refractivity contribution in [3.8, 4) is 11.5 Å². The van der Waals surface area contributed by atoms with Crippen molar-refractivity contribution in [1.29, 1.82) is 0 Å². The number of pyridine rings is 1. The number of aromatic nitrogens is 3. The number of aromatic carboxylic acids is 1. The third-order valence-corrected chi connectivity index (χ3v) is 8.71. The Labute approximate surface area is 248 Å². The van der Waals surface area contributed by atoms with E-state index in [0.29, 0.717) is 23.0 Å². The van der Waals surface area contributed by atoms with Gasteiger partial charge in [0.15, 0.2) is 11.5 Å². The molecule has 4 aromatic rings. The predicted molar refractivity (Wildman–Crippen MR) is 158 cm³/mol. The number of fused-ring (bicyclic) bond motifs is 2. The Bertz CT molecular complexity index is 1710. The van der Waals surface area contributed by atoms with Gasteiger partial charge >= 0.3 is 5.97 Å². The second kappa shape index (κ2) is 10.4. The van der Waals surface area contributed by atoms with Crippen molar-refractivity contribution in [3.63, 3.8) is 0 Å². The number of carbonyl (C=O) groups is 1. The average molecular weight is 587 g/mol. The minimum absolute atomic E-state index is 0.0175. The highest BCUT2D eigenvalue weighted by atomic mass is 35.5. The molecule has 3 aliphatic rings. The minimum atomic E-state index is -1.04. The quantitative estimate of drug-likeness (QED) is 0.279. The lowest BCUT2D eigenvalue weighted by atomic mass is 9.97. The van der Waals surface area contributed by atoms with Crippen molar-refractivity contribution in [2.24, 2.45) is 0 Å². The van der Waals surface area contributed by atoms with Crippen LogP contribution in [0.1, 0.15) is 60.2 Å². The van der Waals surface area contributed by atoms with Crippen LogP contribution in [0.2, 0.25) is 5.02 Å². The van der Waals surface area contributed by atoms with Gasteiger partial charge in [-0.05, 0) is 61.7 Å². The number of halogens is 1. The van der Waals surface area contributed by atoms with E-state index in [0.717, 1.165) is 60.7 Å². The Morgan fingerprint density at radius 1 is 1.21 bits per heavy atom. The fourth-order valence-corrected chi connectivity index (χ4v) is 6.10. The molecule has 5 heterocycles. The van der Waals surface area contributed by atoms with Gasteiger partial charge in [-0.25, -0.2) is 9.78 Å². The molecule has 3 atom stereocenters. The molecule has 0 amide bonds. The van der Waals surface area contributed by atoms with E-state index in [2.05, 4.69) is 33.5 Å². The molecule has 0 aliphatic carbocycles. The van der Waals surface area contributed by atoms with Crippen LogP contribution in [0.5, 0.6) is 11.5 Å². The number of imidazole rings is 1. The van der Waals surface area contributed by atoms with Gasteiger partial charge in [-0.1, -0.05) is 29.8 Å². The number of hydrogen-bond acceptors (Lipinski definition) is 7. The fourth-order valence-electron chi connectivity index (χ4n) is 5.99. The Hall–Kier alpha value is -3.92. The molecular weight excluding hydrogens is 556 g/mol. The summed E-state index contributed by atoms with van der Waals surface area (Å²) in [6.45, 7) is 7.01. The monoisotopic (exact) mass is 586 g/mol. The van der Waals surface area contributed by atoms with Crippen LogP contribution < -0.4 is 9.47 Å². The second-order valence-corrected chi connectivity index (χ2v) is 11.6. The largest absolute Gasteiger partial charge is 0.478 e. The fraction of sp³-hybridized carbons (Fsp3) is 0.344. The molecule has 1 saturated heterocycles. The van der Waals surface area contributed by atoms with E-state index in [1.54, 1.807) is 30.5 Å². The highest BCUT2D eigenvalue weighted by Crippen LogP contribution is 2.48. The van der Waals surface area contributed by atoms with E-state index in [4.69, 9.17) is 30.8 Å². The van der Waals surface area contributed by atoms with Crippen LogP contribution in [0.25, 0.3) is 16.6 Å². The van der Waals surface area contributed by atoms with Gasteiger partial charge < -0.3 is 23.9 Å². The lowest BCUT2D eigenvalue weighted by molar-refractivity contribution is -0.0718. The molecule has 216 valence electrons. The molecule has 10 heteroatoms. The van der Waals surface area contributed by atoms with Gasteiger partial charge in [0.1, 0.15) is 11.5 Å². The van der Waals surface area contributed by atoms with Crippen LogP contribution >= 0.6 is 11.6 Å². The van der Waals surface area contributed by atoms with Crippen molar-refractivity contribution in [2.75, 3.05) is 19.7 Å². The first kappa shape index (κ1) is 26.9. The molecule has 0 spiro atoms. The summed E-state index contributed by atoms with van der Waals surface area (Å²) in [5.41, 5.74) is 4.76. The standard InChI is InChI=1S/C32H31ClN4O5/c1-19(30-35-25-8-6-21(31(38)39)16-26(25)37(30)18-23-12-15-40-23)36-13-10-20(11-14-36)24-4-3-5-27-29(24)42-32(2,41-27)28-9-7-22(33)17-34-28/h3-10,16-17,19,23H,11-15,18H2,1-2H3,(H,38,39)/t19?,23-,32-/m0/s1. The number of hydrogen-bond donors (Lipinski definition) is 1. The van der Waals surface area contributed by atoms with E-state index in [9.17, 15) is 9.90 Å². The number of carboxylic acids is 1. The molecule has 2 aromatic heterocycles. The maximum absolute atomic E-state index is 11.7. The smallest absolute Gasteiger partial charge is 0.335 e. The first-order chi connectivity index (χ1) is 20.3. The van der Waals surface area contributed by atoms with Gasteiger partial charge in [-0.15, -0.1) is 0 Å². The van der Waals surface area contributed by atoms with Crippen LogP contribution in [0, 0.1) is 0 Å². The summed E-state index contributed by atoms with van der Waals surface area (Å²) in [5.74, 6) is 0.350. The Kier molecular flexibility index (Phi) is 6.68. The van der Waals surface area contributed by atoms with Crippen molar-refractivity contribution >= 4 is 34.2 Å². The highest BCUT2D eigenvalue weighted by Gasteiger charge is 2.41. The highest BCUT2D eigenvalue weighted by molar-refractivity contribution is 6.30. The van der Waals surface area contributed by atoms with Crippen molar-refractivity contribution in [2.45, 2.75) is 51.2 Å². The van der Waals surface area contributed by atoms with Gasteiger partial charge in [0.25, 0.3) is 5.79 Å². The number of para-hydroxylation sites is 1. The van der Waals surface area contributed by atoms with E-state index in [-0.39, 0.29) is 17.7 Å². The second-order valence-electron chi connectivity index (χ2n) is 11.2. The SMILES string of the molecule is CC(c1nc2ccc(C(=O)O)cc2n1C[C@@H]1CCO1)N1CC=C(c2cccc3c2O[C@@](C)(c2ccc(Cl)cn2)O3)CC1. The Morgan fingerprint density at radius 3 is 2.76 bits per heavy atom. The third-order valence-electron chi connectivity index (χ3n) is 8.49. The Balaban J connectivity index is 1.14. The lowest BCUT2D eigenvalue weighted by Gasteiger charge is -2.33. The van der Waals surface area contributed by atoms with E-state index in [1.807, 2.05) is 25.1 Å². The minimum Gasteiger partial charge on any atom is -0.478 e. The number of benzene rings is 2. The molecule has 3 aliphatic heterocycles. The summed E-state index contributed by atoms with van der Waals surface area (Å²) >= 11 is 6.04. The number of carboxylic acid groups (broad SMARTS) is 1. The Morgan fingerprint density at radius 2 is 2.07 bits per heavy atom. The third kappa shape index (κ3) is 4.71. The van der Waals surface area contributed by atoms with Crippen molar-refractivity contribution in [1.82, 2.24) is 19.4 Å². The molecular formula is C32H31ClN4O5. The van der Waals surface area contributed by atoms with Gasteiger partial charge in [-0.3, -0.25) is 9.88 Å². The molecule has 0 radical (unpaired) electrons. The van der Waals surface area contributed by atoms with Crippen LogP contribution in [-0.4, -0.2) is 56.3 Å². The molecule has 1 N–H and O–H groups in total. The van der Waals surface area contributed by atoms with Gasteiger partial charge in [-0.2, -0.15) is 0 Å². The number of ether oxygens (including phenoxy) is 3. The molecule has 0 saturated carbocycles. The van der Waals surface area contributed by atoms with E-state index >= 15 is 0 Å². The zero-order valence-corrected chi connectivity index (χ0v) is 24.2. The summed E-state index contributed by atoms with van der Waals surface area (Å²) in [6.07, 6.45) is 5.78. The topological polar surface area (TPSA) is 98.9 Å². The number of rotatable bonds is 7. The predicted octanol–water partition coefficient (Wildman–Crippen LogP) is 6.07. The molecule has 9 nitrogen and oxygen atoms in total. The van der Waals surface area contributed by atoms with Gasteiger partial charge in [0.05, 0.1) is 40.3 Å². The summed E-state index contributed by atoms with van der Waals surface area (Å²) in [7, 11) is 0. The molecule has 42 heavy (non-hydrogen) atoms. The summed E-state index contributed by atoms with van der Waals surface area (Å²) in [4.78, 5) is 23.5. The van der Waals surface area contributed by atoms with Crippen LogP contribution in [-0.2, 0) is 17.1 Å². The zero-order chi connectivity index (χ0) is 29.0. The normalized spacial score (nSPS) is 22.5. The molecule has 0 bridgehead atoms. The molecule has 2 aromatic carbocycles. The van der Waals surface area contributed by atoms with E-state index in [1.165, 1.54) is 5.57 Å². The van der Waals surface area contributed by atoms with Gasteiger partial charge in [0.2, 0.25) is 0 Å². The average Bonchev–Trinajstić information content (AvgIpc) is 3.52. The molecule has 7 rings (SSSR count). The van der Waals surface area contributed by atoms with E-state index < -0.39 is 11.8 Å². The first-order valence-corrected chi connectivity index (χ1v) is 14.6. The summed E-state index contributed by atoms with van der Waals surface area (Å²) < 4.78 is 20.6. The van der Waals surface area contributed by atoms with Crippen LogP contribution in [0.4, 0.5) is 0 Å². The number of nitrogens with zero attached hydrogens (tertiary/aromatic N) is 4. The summed E-state index contributed by atoms with van der Waals surface area (Å²) in [5, 5.41) is 10.1.